The van der Waals surface area contributed by atoms with Crippen molar-refractivity contribution in [1.82, 2.24) is 10.2 Å². The van der Waals surface area contributed by atoms with E-state index in [0.29, 0.717) is 5.56 Å². The maximum atomic E-state index is 13.6. The predicted molar refractivity (Wildman–Crippen MR) is 95.8 cm³/mol. The van der Waals surface area contributed by atoms with Crippen molar-refractivity contribution in [2.75, 3.05) is 7.05 Å². The summed E-state index contributed by atoms with van der Waals surface area (Å²) < 4.78 is 19.4. The van der Waals surface area contributed by atoms with Gasteiger partial charge in [-0.25, -0.2) is 9.18 Å². The Hall–Kier alpha value is -2.82. The lowest BCUT2D eigenvalue weighted by molar-refractivity contribution is 0.187. The van der Waals surface area contributed by atoms with Crippen molar-refractivity contribution in [1.29, 1.82) is 0 Å². The van der Waals surface area contributed by atoms with Crippen LogP contribution in [0.15, 0.2) is 52.9 Å². The number of benzene rings is 2. The summed E-state index contributed by atoms with van der Waals surface area (Å²) in [4.78, 5) is 13.9. The number of aryl methyl sites for hydroxylation is 1. The number of carbonyl (C=O) groups is 1. The van der Waals surface area contributed by atoms with E-state index in [1.807, 2.05) is 37.3 Å². The number of hydrogen-bond acceptors (Lipinski definition) is 2. The Morgan fingerprint density at radius 1 is 1.24 bits per heavy atom. The zero-order valence-corrected chi connectivity index (χ0v) is 14.5. The van der Waals surface area contributed by atoms with E-state index in [9.17, 15) is 9.18 Å². The number of halogens is 1. The van der Waals surface area contributed by atoms with Gasteiger partial charge in [0.2, 0.25) is 0 Å². The molecule has 0 aliphatic carbocycles. The Balaban J connectivity index is 1.65. The first-order valence-corrected chi connectivity index (χ1v) is 8.20. The minimum atomic E-state index is -0.268. The van der Waals surface area contributed by atoms with Crippen LogP contribution in [0.3, 0.4) is 0 Å². The molecule has 25 heavy (non-hydrogen) atoms. The van der Waals surface area contributed by atoms with Crippen molar-refractivity contribution in [3.8, 4) is 0 Å². The van der Waals surface area contributed by atoms with Gasteiger partial charge in [0.1, 0.15) is 17.2 Å². The monoisotopic (exact) mass is 340 g/mol. The molecule has 3 rings (SSSR count). The second-order valence-electron chi connectivity index (χ2n) is 6.22. The highest BCUT2D eigenvalue weighted by molar-refractivity contribution is 5.78. The third-order valence-corrected chi connectivity index (χ3v) is 4.44. The summed E-state index contributed by atoms with van der Waals surface area (Å²) in [5, 5.41) is 3.82. The summed E-state index contributed by atoms with van der Waals surface area (Å²) >= 11 is 0. The standard InChI is InChI=1S/C20H21FN2O2/c1-13-8-9-15(10-17(13)21)12-22-20(24)23(3)14(2)19-11-16-6-4-5-7-18(16)25-19/h4-11,14H,12H2,1-3H3,(H,22,24)/t14-/m1/s1. The second kappa shape index (κ2) is 6.97. The highest BCUT2D eigenvalue weighted by Gasteiger charge is 2.20. The van der Waals surface area contributed by atoms with E-state index in [2.05, 4.69) is 5.32 Å². The first kappa shape index (κ1) is 17.0. The number of hydrogen-bond donors (Lipinski definition) is 1. The maximum absolute atomic E-state index is 13.6. The molecule has 0 saturated carbocycles. The van der Waals surface area contributed by atoms with Crippen LogP contribution >= 0.6 is 0 Å². The van der Waals surface area contributed by atoms with Gasteiger partial charge in [-0.3, -0.25) is 0 Å². The zero-order chi connectivity index (χ0) is 18.0. The molecule has 0 bridgehead atoms. The van der Waals surface area contributed by atoms with Crippen molar-refractivity contribution in [2.24, 2.45) is 0 Å². The molecule has 0 unspecified atom stereocenters. The van der Waals surface area contributed by atoms with Gasteiger partial charge < -0.3 is 14.6 Å². The van der Waals surface area contributed by atoms with Crippen molar-refractivity contribution in [3.05, 3.63) is 71.2 Å². The number of furan rings is 1. The lowest BCUT2D eigenvalue weighted by Gasteiger charge is -2.23. The summed E-state index contributed by atoms with van der Waals surface area (Å²) in [5.41, 5.74) is 2.11. The molecule has 0 fully saturated rings. The van der Waals surface area contributed by atoms with Gasteiger partial charge in [-0.05, 0) is 43.2 Å². The van der Waals surface area contributed by atoms with E-state index >= 15 is 0 Å². The fourth-order valence-electron chi connectivity index (χ4n) is 2.62. The Morgan fingerprint density at radius 2 is 2.00 bits per heavy atom. The van der Waals surface area contributed by atoms with E-state index < -0.39 is 0 Å². The van der Waals surface area contributed by atoms with Gasteiger partial charge in [0.15, 0.2) is 0 Å². The smallest absolute Gasteiger partial charge is 0.318 e. The first-order chi connectivity index (χ1) is 12.0. The normalized spacial score (nSPS) is 12.2. The number of amides is 2. The van der Waals surface area contributed by atoms with Crippen LogP contribution in [-0.4, -0.2) is 18.0 Å². The fraction of sp³-hybridized carbons (Fsp3) is 0.250. The summed E-state index contributed by atoms with van der Waals surface area (Å²) in [7, 11) is 1.71. The fourth-order valence-corrected chi connectivity index (χ4v) is 2.62. The maximum Gasteiger partial charge on any atom is 0.318 e. The zero-order valence-electron chi connectivity index (χ0n) is 14.5. The highest BCUT2D eigenvalue weighted by atomic mass is 19.1. The van der Waals surface area contributed by atoms with Crippen LogP contribution in [0.4, 0.5) is 9.18 Å². The summed E-state index contributed by atoms with van der Waals surface area (Å²) in [6.07, 6.45) is 0. The van der Waals surface area contributed by atoms with Crippen molar-refractivity contribution < 1.29 is 13.6 Å². The molecule has 1 heterocycles. The van der Waals surface area contributed by atoms with E-state index in [4.69, 9.17) is 4.42 Å². The predicted octanol–water partition coefficient (Wildman–Crippen LogP) is 4.78. The van der Waals surface area contributed by atoms with Crippen LogP contribution in [0.1, 0.15) is 29.9 Å². The lowest BCUT2D eigenvalue weighted by atomic mass is 10.1. The molecule has 0 spiro atoms. The summed E-state index contributed by atoms with van der Waals surface area (Å²) in [6.45, 7) is 3.89. The van der Waals surface area contributed by atoms with Crippen LogP contribution in [0, 0.1) is 12.7 Å². The molecule has 0 radical (unpaired) electrons. The van der Waals surface area contributed by atoms with E-state index in [-0.39, 0.29) is 24.4 Å². The van der Waals surface area contributed by atoms with E-state index in [1.54, 1.807) is 31.0 Å². The number of urea groups is 1. The Morgan fingerprint density at radius 3 is 2.72 bits per heavy atom. The highest BCUT2D eigenvalue weighted by Crippen LogP contribution is 2.26. The summed E-state index contributed by atoms with van der Waals surface area (Å²) in [5.74, 6) is 0.455. The van der Waals surface area contributed by atoms with Gasteiger partial charge in [0, 0.05) is 19.0 Å². The van der Waals surface area contributed by atoms with Gasteiger partial charge in [-0.1, -0.05) is 30.3 Å². The quantitative estimate of drug-likeness (QED) is 0.743. The van der Waals surface area contributed by atoms with Crippen LogP contribution in [0.25, 0.3) is 11.0 Å². The van der Waals surface area contributed by atoms with Gasteiger partial charge in [-0.15, -0.1) is 0 Å². The third kappa shape index (κ3) is 3.65. The minimum absolute atomic E-state index is 0.220. The SMILES string of the molecule is Cc1ccc(CNC(=O)N(C)[C@H](C)c2cc3ccccc3o2)cc1F. The number of nitrogens with one attached hydrogen (secondary N) is 1. The van der Waals surface area contributed by atoms with Gasteiger partial charge in [-0.2, -0.15) is 0 Å². The van der Waals surface area contributed by atoms with Crippen molar-refractivity contribution in [3.63, 3.8) is 0 Å². The van der Waals surface area contributed by atoms with Gasteiger partial charge in [0.25, 0.3) is 0 Å². The van der Waals surface area contributed by atoms with E-state index in [0.717, 1.165) is 22.3 Å². The average Bonchev–Trinajstić information content (AvgIpc) is 3.05. The lowest BCUT2D eigenvalue weighted by Crippen LogP contribution is -2.38. The van der Waals surface area contributed by atoms with Crippen molar-refractivity contribution in [2.45, 2.75) is 26.4 Å². The minimum Gasteiger partial charge on any atom is -0.459 e. The second-order valence-corrected chi connectivity index (χ2v) is 6.22. The number of rotatable bonds is 4. The van der Waals surface area contributed by atoms with Crippen LogP contribution in [0.2, 0.25) is 0 Å². The molecule has 3 aromatic rings. The molecule has 1 atom stereocenters. The Bertz CT molecular complexity index is 871. The summed E-state index contributed by atoms with van der Waals surface area (Å²) in [6, 6.07) is 14.2. The number of nitrogens with zero attached hydrogens (tertiary/aromatic N) is 1. The molecule has 1 N–H and O–H groups in total. The molecule has 130 valence electrons. The molecule has 1 aromatic heterocycles. The average molecular weight is 340 g/mol. The number of carbonyl (C=O) groups excluding carboxylic acids is 1. The third-order valence-electron chi connectivity index (χ3n) is 4.44. The Kier molecular flexibility index (Phi) is 4.74. The molecule has 2 aromatic carbocycles. The molecule has 4 nitrogen and oxygen atoms in total. The molecule has 2 amide bonds. The van der Waals surface area contributed by atoms with Crippen LogP contribution in [0.5, 0.6) is 0 Å². The molecular formula is C20H21FN2O2. The molecule has 0 saturated heterocycles. The molecule has 0 aliphatic rings. The topological polar surface area (TPSA) is 45.5 Å². The van der Waals surface area contributed by atoms with Gasteiger partial charge in [0.05, 0.1) is 6.04 Å². The van der Waals surface area contributed by atoms with Gasteiger partial charge >= 0.3 is 6.03 Å². The Labute approximate surface area is 146 Å². The molecular weight excluding hydrogens is 319 g/mol. The van der Waals surface area contributed by atoms with Crippen molar-refractivity contribution >= 4 is 17.0 Å². The molecule has 5 heteroatoms. The first-order valence-electron chi connectivity index (χ1n) is 8.20. The largest absolute Gasteiger partial charge is 0.459 e. The number of fused-ring (bicyclic) bond motifs is 1. The van der Waals surface area contributed by atoms with E-state index in [1.165, 1.54) is 6.07 Å². The molecule has 0 aliphatic heterocycles. The van der Waals surface area contributed by atoms with Crippen LogP contribution < -0.4 is 5.32 Å². The number of para-hydroxylation sites is 1. The van der Waals surface area contributed by atoms with Crippen LogP contribution in [-0.2, 0) is 6.54 Å².